The van der Waals surface area contributed by atoms with E-state index in [2.05, 4.69) is 10.6 Å². The predicted octanol–water partition coefficient (Wildman–Crippen LogP) is -0.888. The van der Waals surface area contributed by atoms with Crippen molar-refractivity contribution in [2.45, 2.75) is 18.9 Å². The van der Waals surface area contributed by atoms with Crippen LogP contribution in [0.4, 0.5) is 5.69 Å². The Morgan fingerprint density at radius 1 is 1.27 bits per heavy atom. The molecule has 0 aliphatic carbocycles. The van der Waals surface area contributed by atoms with Crippen LogP contribution in [-0.2, 0) is 14.4 Å². The molecule has 11 heteroatoms. The van der Waals surface area contributed by atoms with Crippen LogP contribution < -0.4 is 10.6 Å². The Hall–Kier alpha value is -3.63. The first-order chi connectivity index (χ1) is 12.3. The molecular weight excluding hydrogens is 348 g/mol. The van der Waals surface area contributed by atoms with E-state index >= 15 is 0 Å². The van der Waals surface area contributed by atoms with Gasteiger partial charge >= 0.3 is 0 Å². The van der Waals surface area contributed by atoms with Gasteiger partial charge in [0.25, 0.3) is 17.5 Å². The Morgan fingerprint density at radius 3 is 2.65 bits per heavy atom. The Morgan fingerprint density at radius 2 is 2.00 bits per heavy atom. The van der Waals surface area contributed by atoms with Crippen LogP contribution in [0.15, 0.2) is 18.2 Å². The normalized spacial score (nSPS) is 19.2. The number of nitrogens with zero attached hydrogens (tertiary/aromatic N) is 2. The molecule has 2 aliphatic rings. The van der Waals surface area contributed by atoms with Crippen molar-refractivity contribution in [1.29, 1.82) is 0 Å². The summed E-state index contributed by atoms with van der Waals surface area (Å²) in [6, 6.07) is 2.68. The number of carbonyl (C=O) groups is 5. The van der Waals surface area contributed by atoms with Gasteiger partial charge in [0.05, 0.1) is 10.5 Å². The van der Waals surface area contributed by atoms with E-state index in [4.69, 9.17) is 0 Å². The average Bonchev–Trinajstić information content (AvgIpc) is 2.82. The number of benzene rings is 1. The molecule has 0 saturated carbocycles. The van der Waals surface area contributed by atoms with Crippen molar-refractivity contribution in [1.82, 2.24) is 15.5 Å². The van der Waals surface area contributed by atoms with E-state index in [0.717, 1.165) is 6.07 Å². The summed E-state index contributed by atoms with van der Waals surface area (Å²) in [5.74, 6) is -3.69. The maximum Gasteiger partial charge on any atom is 0.282 e. The van der Waals surface area contributed by atoms with E-state index in [-0.39, 0.29) is 24.0 Å². The highest BCUT2D eigenvalue weighted by Crippen LogP contribution is 2.30. The molecule has 3 rings (SSSR count). The van der Waals surface area contributed by atoms with Crippen LogP contribution >= 0.6 is 0 Å². The second kappa shape index (κ2) is 6.35. The summed E-state index contributed by atoms with van der Waals surface area (Å²) >= 11 is 0. The number of piperidine rings is 1. The van der Waals surface area contributed by atoms with Crippen molar-refractivity contribution in [3.8, 4) is 0 Å². The number of nitro groups is 1. The van der Waals surface area contributed by atoms with E-state index < -0.39 is 52.7 Å². The van der Waals surface area contributed by atoms with Crippen LogP contribution in [0.5, 0.6) is 0 Å². The molecule has 2 heterocycles. The Bertz CT molecular complexity index is 879. The number of fused-ring (bicyclic) bond motifs is 1. The van der Waals surface area contributed by atoms with Gasteiger partial charge in [-0.1, -0.05) is 6.07 Å². The minimum Gasteiger partial charge on any atom is -0.343 e. The van der Waals surface area contributed by atoms with Gasteiger partial charge in [0.15, 0.2) is 0 Å². The van der Waals surface area contributed by atoms with Crippen molar-refractivity contribution < 1.29 is 28.9 Å². The molecular formula is C15H12N4O7. The second-order valence-electron chi connectivity index (χ2n) is 5.72. The summed E-state index contributed by atoms with van der Waals surface area (Å²) in [5.41, 5.74) is -1.04. The predicted molar refractivity (Wildman–Crippen MR) is 82.8 cm³/mol. The SMILES string of the molecule is O=C1CCC(NC(=O)CN2C(=O)c3cccc([N+](=O)[O-])c3C2=O)C(=O)N1. The Balaban J connectivity index is 1.74. The first-order valence-corrected chi connectivity index (χ1v) is 7.56. The highest BCUT2D eigenvalue weighted by molar-refractivity contribution is 6.24. The summed E-state index contributed by atoms with van der Waals surface area (Å²) in [7, 11) is 0. The smallest absolute Gasteiger partial charge is 0.282 e. The van der Waals surface area contributed by atoms with E-state index in [0.29, 0.717) is 4.90 Å². The van der Waals surface area contributed by atoms with Gasteiger partial charge in [-0.15, -0.1) is 0 Å². The summed E-state index contributed by atoms with van der Waals surface area (Å²) in [5, 5.41) is 15.4. The first-order valence-electron chi connectivity index (χ1n) is 7.56. The third-order valence-corrected chi connectivity index (χ3v) is 4.05. The lowest BCUT2D eigenvalue weighted by molar-refractivity contribution is -0.385. The fraction of sp³-hybridized carbons (Fsp3) is 0.267. The molecule has 1 aromatic rings. The molecule has 5 amide bonds. The van der Waals surface area contributed by atoms with Crippen LogP contribution in [0.3, 0.4) is 0 Å². The standard InChI is InChI=1S/C15H12N4O7/c20-10-5-4-8(13(22)17-10)16-11(21)6-18-14(23)7-2-1-3-9(19(25)26)12(7)15(18)24/h1-3,8H,4-6H2,(H,16,21)(H,17,20,22). The molecule has 1 unspecified atom stereocenters. The summed E-state index contributed by atoms with van der Waals surface area (Å²) in [6.45, 7) is -0.693. The molecule has 1 saturated heterocycles. The van der Waals surface area contributed by atoms with Crippen molar-refractivity contribution in [2.24, 2.45) is 0 Å². The lowest BCUT2D eigenvalue weighted by atomic mass is 10.1. The van der Waals surface area contributed by atoms with Gasteiger partial charge in [-0.3, -0.25) is 44.3 Å². The van der Waals surface area contributed by atoms with Crippen molar-refractivity contribution in [3.05, 3.63) is 39.4 Å². The highest BCUT2D eigenvalue weighted by Gasteiger charge is 2.42. The fourth-order valence-corrected chi connectivity index (χ4v) is 2.83. The van der Waals surface area contributed by atoms with Gasteiger partial charge in [-0.25, -0.2) is 0 Å². The minimum absolute atomic E-state index is 0.0515. The molecule has 0 spiro atoms. The molecule has 1 fully saturated rings. The molecule has 134 valence electrons. The molecule has 11 nitrogen and oxygen atoms in total. The summed E-state index contributed by atoms with van der Waals surface area (Å²) in [6.07, 6.45) is 0.153. The molecule has 2 N–H and O–H groups in total. The Kier molecular flexibility index (Phi) is 4.20. The molecule has 26 heavy (non-hydrogen) atoms. The number of hydrogen-bond donors (Lipinski definition) is 2. The van der Waals surface area contributed by atoms with Gasteiger partial charge in [0.1, 0.15) is 18.2 Å². The van der Waals surface area contributed by atoms with Crippen molar-refractivity contribution >= 4 is 35.2 Å². The first kappa shape index (κ1) is 17.2. The molecule has 1 aromatic carbocycles. The van der Waals surface area contributed by atoms with Gasteiger partial charge in [-0.2, -0.15) is 0 Å². The number of nitrogens with one attached hydrogen (secondary N) is 2. The van der Waals surface area contributed by atoms with E-state index in [1.807, 2.05) is 0 Å². The number of imide groups is 2. The quantitative estimate of drug-likeness (QED) is 0.401. The van der Waals surface area contributed by atoms with Gasteiger partial charge in [0.2, 0.25) is 17.7 Å². The maximum absolute atomic E-state index is 12.4. The van der Waals surface area contributed by atoms with Gasteiger partial charge < -0.3 is 5.32 Å². The summed E-state index contributed by atoms with van der Waals surface area (Å²) < 4.78 is 0. The second-order valence-corrected chi connectivity index (χ2v) is 5.72. The van der Waals surface area contributed by atoms with Gasteiger partial charge in [0, 0.05) is 12.5 Å². The van der Waals surface area contributed by atoms with Crippen LogP contribution in [0.1, 0.15) is 33.6 Å². The van der Waals surface area contributed by atoms with Crippen LogP contribution in [0, 0.1) is 10.1 Å². The molecule has 0 radical (unpaired) electrons. The largest absolute Gasteiger partial charge is 0.343 e. The number of hydrogen-bond acceptors (Lipinski definition) is 7. The van der Waals surface area contributed by atoms with E-state index in [1.165, 1.54) is 12.1 Å². The number of rotatable bonds is 4. The fourth-order valence-electron chi connectivity index (χ4n) is 2.83. The maximum atomic E-state index is 12.4. The van der Waals surface area contributed by atoms with Crippen LogP contribution in [-0.4, -0.2) is 51.9 Å². The third-order valence-electron chi connectivity index (χ3n) is 4.05. The van der Waals surface area contributed by atoms with Crippen LogP contribution in [0.25, 0.3) is 0 Å². The lowest BCUT2D eigenvalue weighted by Gasteiger charge is -2.22. The van der Waals surface area contributed by atoms with Gasteiger partial charge in [-0.05, 0) is 12.5 Å². The zero-order valence-corrected chi connectivity index (χ0v) is 13.2. The topological polar surface area (TPSA) is 156 Å². The number of nitro benzene ring substituents is 1. The molecule has 0 aromatic heterocycles. The van der Waals surface area contributed by atoms with Crippen LogP contribution in [0.2, 0.25) is 0 Å². The Labute approximate surface area is 145 Å². The average molecular weight is 360 g/mol. The number of amides is 5. The third kappa shape index (κ3) is 2.90. The summed E-state index contributed by atoms with van der Waals surface area (Å²) in [4.78, 5) is 70.3. The highest BCUT2D eigenvalue weighted by atomic mass is 16.6. The molecule has 2 aliphatic heterocycles. The molecule has 1 atom stereocenters. The zero-order valence-electron chi connectivity index (χ0n) is 13.2. The van der Waals surface area contributed by atoms with E-state index in [9.17, 15) is 34.1 Å². The van der Waals surface area contributed by atoms with Crippen molar-refractivity contribution in [2.75, 3.05) is 6.54 Å². The minimum atomic E-state index is -0.954. The monoisotopic (exact) mass is 360 g/mol. The zero-order chi connectivity index (χ0) is 19.0. The number of carbonyl (C=O) groups excluding carboxylic acids is 5. The van der Waals surface area contributed by atoms with E-state index in [1.54, 1.807) is 0 Å². The lowest BCUT2D eigenvalue weighted by Crippen LogP contribution is -2.54. The molecule has 0 bridgehead atoms. The van der Waals surface area contributed by atoms with Crippen molar-refractivity contribution in [3.63, 3.8) is 0 Å².